The number of ether oxygens (including phenoxy) is 3. The fourth-order valence-corrected chi connectivity index (χ4v) is 15.4. The Morgan fingerprint density at radius 1 is 0.395 bits per heavy atom. The van der Waals surface area contributed by atoms with E-state index < -0.39 is 0 Å². The molecule has 124 heavy (non-hydrogen) atoms. The highest BCUT2D eigenvalue weighted by Gasteiger charge is 2.29. The number of carbonyl (C=O) groups is 4. The van der Waals surface area contributed by atoms with Crippen molar-refractivity contribution < 1.29 is 33.4 Å². The van der Waals surface area contributed by atoms with Crippen LogP contribution in [0.4, 0.5) is 23.3 Å². The van der Waals surface area contributed by atoms with Crippen molar-refractivity contribution in [2.24, 2.45) is 0 Å². The predicted molar refractivity (Wildman–Crippen MR) is 480 cm³/mol. The quantitative estimate of drug-likeness (QED) is 0.0231. The van der Waals surface area contributed by atoms with Crippen LogP contribution >= 0.6 is 0 Å². The van der Waals surface area contributed by atoms with Crippen molar-refractivity contribution >= 4 is 91.0 Å². The molecule has 5 aromatic carbocycles. The molecule has 4 saturated heterocycles. The number of hydrogen-bond acceptors (Lipinski definition) is 23. The number of anilines is 4. The number of aromatic amines is 4. The van der Waals surface area contributed by atoms with Crippen LogP contribution in [0.3, 0.4) is 0 Å². The number of para-hydroxylation sites is 1. The molecule has 0 bridgehead atoms. The molecule has 4 fully saturated rings. The second-order valence-corrected chi connectivity index (χ2v) is 29.9. The molecule has 0 spiro atoms. The first-order chi connectivity index (χ1) is 60.5. The fraction of sp³-hybridized carbons (Fsp3) is 0.247. The van der Waals surface area contributed by atoms with E-state index in [1.807, 2.05) is 146 Å². The number of likely N-dealkylation sites (tertiary alicyclic amines) is 4. The molecule has 4 aliphatic heterocycles. The standard InChI is InChI=1S/C27H25N5O3.C24H27N5O4.2C21H21N5O2/c1-2-24(33)32-14-6-7-19(16-32)30-25-23-15-22(27(34)31-26(23)29-17-28-25)18-10-12-21(13-11-18)35-20-8-4-3-5-9-20;1-3-21(30)29-10-4-5-17(14-29)27-22-20-13-19(24(31)28-23(20)26-15-25-22)16-6-8-18(9-7-16)33-12-11-32-2;1-2-18(27)26-10-6-9-15(12-26)24-19-17-11-16(14-7-4-3-5-8-14)21(28)25-20(17)23-13-22-19;1-2-17(27)26-10-6-9-15(12-26)25-21-18-19(28)16(14-7-4-3-5-8-14)11-22-20(18)23-13-24-21/h2-5,8-13,15,17,19H,1,6-7,14,16H2,(H2,28,29,30,31,34);3,6-9,13,15,17H,1,4-5,10-12,14H2,2H3,(H2,25,26,27,28,31);2*2-5,7-8,11,13,15H,1,6,9-10,12H2,(H2,22,23,24,25,28)/t19-;17-;2*15-/m1111/s1. The molecule has 4 aliphatic rings. The molecule has 8 aromatic heterocycles. The Labute approximate surface area is 712 Å². The van der Waals surface area contributed by atoms with Gasteiger partial charge in [-0.15, -0.1) is 0 Å². The zero-order valence-electron chi connectivity index (χ0n) is 68.4. The predicted octanol–water partition coefficient (Wildman–Crippen LogP) is 12.1. The van der Waals surface area contributed by atoms with E-state index in [2.05, 4.69) is 107 Å². The SMILES string of the molecule is C=CC(=O)N1CCC[C@@H](Nc2ncnc3[nH]c(=O)c(-c4ccc(OCCOC)cc4)cc23)C1.C=CC(=O)N1CCC[C@@H](Nc2ncnc3[nH]c(=O)c(-c4ccc(Oc5ccccc5)cc4)cc23)C1.C=CC(=O)N1CCC[C@@H](Nc2ncnc3[nH]c(=O)c(-c4ccccc4)cc23)C1.C=CC(=O)N1CCC[C@@H](Nc2ncnc3[nH]cc(-c4ccccc4)c(=O)c23)C1. The first-order valence-electron chi connectivity index (χ1n) is 40.9. The van der Waals surface area contributed by atoms with Gasteiger partial charge in [0.25, 0.3) is 16.7 Å². The van der Waals surface area contributed by atoms with Crippen LogP contribution in [0.5, 0.6) is 17.2 Å². The van der Waals surface area contributed by atoms with E-state index in [1.54, 1.807) is 45.0 Å². The number of nitrogens with zero attached hydrogens (tertiary/aromatic N) is 12. The Balaban J connectivity index is 0.000000135. The summed E-state index contributed by atoms with van der Waals surface area (Å²) in [7, 11) is 1.62. The molecule has 0 saturated carbocycles. The van der Waals surface area contributed by atoms with Gasteiger partial charge in [0.1, 0.15) is 100 Å². The smallest absolute Gasteiger partial charge is 0.257 e. The van der Waals surface area contributed by atoms with E-state index in [0.29, 0.717) is 142 Å². The van der Waals surface area contributed by atoms with Crippen molar-refractivity contribution in [3.05, 3.63) is 281 Å². The average molecular weight is 1670 g/mol. The molecule has 12 heterocycles. The van der Waals surface area contributed by atoms with Crippen molar-refractivity contribution in [1.82, 2.24) is 79.4 Å². The van der Waals surface area contributed by atoms with Crippen molar-refractivity contribution in [1.29, 1.82) is 0 Å². The summed E-state index contributed by atoms with van der Waals surface area (Å²) in [5, 5.41) is 16.3. The lowest BCUT2D eigenvalue weighted by molar-refractivity contribution is -0.127. The summed E-state index contributed by atoms with van der Waals surface area (Å²) in [6.45, 7) is 20.4. The lowest BCUT2D eigenvalue weighted by atomic mass is 10.0. The molecule has 17 rings (SSSR count). The minimum absolute atomic E-state index is 0.00975. The monoisotopic (exact) mass is 1670 g/mol. The highest BCUT2D eigenvalue weighted by atomic mass is 16.5. The van der Waals surface area contributed by atoms with Crippen LogP contribution < -0.4 is 52.8 Å². The van der Waals surface area contributed by atoms with E-state index >= 15 is 0 Å². The zero-order chi connectivity index (χ0) is 86.4. The molecule has 8 N–H and O–H groups in total. The Morgan fingerprint density at radius 3 is 1.09 bits per heavy atom. The van der Waals surface area contributed by atoms with E-state index in [0.717, 1.165) is 104 Å². The number of carbonyl (C=O) groups excluding carboxylic acids is 4. The number of hydrogen-bond donors (Lipinski definition) is 8. The summed E-state index contributed by atoms with van der Waals surface area (Å²) in [5.74, 6) is 4.22. The van der Waals surface area contributed by atoms with Gasteiger partial charge in [0, 0.05) is 112 Å². The zero-order valence-corrected chi connectivity index (χ0v) is 68.4. The minimum Gasteiger partial charge on any atom is -0.491 e. The Kier molecular flexibility index (Phi) is 28.0. The second kappa shape index (κ2) is 40.7. The summed E-state index contributed by atoms with van der Waals surface area (Å²) >= 11 is 0. The summed E-state index contributed by atoms with van der Waals surface area (Å²) in [6, 6.07) is 48.8. The maximum absolute atomic E-state index is 13.2. The molecule has 0 unspecified atom stereocenters. The van der Waals surface area contributed by atoms with Gasteiger partial charge in [-0.05, 0) is 153 Å². The number of fused-ring (bicyclic) bond motifs is 4. The second-order valence-electron chi connectivity index (χ2n) is 29.9. The molecular weight excluding hydrogens is 1570 g/mol. The van der Waals surface area contributed by atoms with Crippen molar-refractivity contribution in [2.45, 2.75) is 75.5 Å². The molecule has 4 amide bonds. The van der Waals surface area contributed by atoms with Crippen LogP contribution in [-0.2, 0) is 23.9 Å². The van der Waals surface area contributed by atoms with E-state index in [9.17, 15) is 38.4 Å². The molecule has 31 heteroatoms. The molecule has 4 atom stereocenters. The number of nitrogens with one attached hydrogen (secondary N) is 8. The van der Waals surface area contributed by atoms with Crippen molar-refractivity contribution in [3.63, 3.8) is 0 Å². The maximum Gasteiger partial charge on any atom is 0.257 e. The summed E-state index contributed by atoms with van der Waals surface area (Å²) in [5.41, 5.74) is 6.42. The number of amides is 4. The Morgan fingerprint density at radius 2 is 0.718 bits per heavy atom. The number of H-pyrrole nitrogens is 4. The topological polar surface area (TPSA) is 392 Å². The van der Waals surface area contributed by atoms with E-state index in [1.165, 1.54) is 49.6 Å². The highest BCUT2D eigenvalue weighted by Crippen LogP contribution is 2.32. The third-order valence-electron chi connectivity index (χ3n) is 21.6. The summed E-state index contributed by atoms with van der Waals surface area (Å²) in [6.07, 6.45) is 20.0. The van der Waals surface area contributed by atoms with Crippen LogP contribution in [0.25, 0.3) is 88.6 Å². The summed E-state index contributed by atoms with van der Waals surface area (Å²) < 4.78 is 16.4. The third-order valence-corrected chi connectivity index (χ3v) is 21.6. The minimum atomic E-state index is -0.237. The van der Waals surface area contributed by atoms with Crippen LogP contribution in [0.15, 0.2) is 259 Å². The number of piperidine rings is 4. The number of rotatable bonds is 22. The summed E-state index contributed by atoms with van der Waals surface area (Å²) in [4.78, 5) is 152. The van der Waals surface area contributed by atoms with Crippen LogP contribution in [0.1, 0.15) is 51.4 Å². The van der Waals surface area contributed by atoms with Gasteiger partial charge in [-0.3, -0.25) is 38.4 Å². The van der Waals surface area contributed by atoms with Crippen LogP contribution in [-0.4, -0.2) is 200 Å². The van der Waals surface area contributed by atoms with E-state index in [4.69, 9.17) is 14.2 Å². The van der Waals surface area contributed by atoms with Gasteiger partial charge in [-0.1, -0.05) is 129 Å². The first-order valence-corrected chi connectivity index (χ1v) is 40.9. The van der Waals surface area contributed by atoms with Crippen LogP contribution in [0, 0.1) is 0 Å². The number of pyridine rings is 4. The number of aromatic nitrogens is 12. The Bertz CT molecular complexity index is 6230. The lowest BCUT2D eigenvalue weighted by Gasteiger charge is -2.33. The van der Waals surface area contributed by atoms with Gasteiger partial charge in [0.15, 0.2) is 0 Å². The third kappa shape index (κ3) is 21.0. The van der Waals surface area contributed by atoms with Gasteiger partial charge in [0.2, 0.25) is 29.1 Å². The van der Waals surface area contributed by atoms with Gasteiger partial charge >= 0.3 is 0 Å². The molecule has 13 aromatic rings. The van der Waals surface area contributed by atoms with Crippen molar-refractivity contribution in [3.8, 4) is 61.8 Å². The maximum atomic E-state index is 13.2. The fourth-order valence-electron chi connectivity index (χ4n) is 15.4. The Hall–Kier alpha value is -15.1. The van der Waals surface area contributed by atoms with Crippen molar-refractivity contribution in [2.75, 3.05) is 93.9 Å². The first kappa shape index (κ1) is 85.3. The van der Waals surface area contributed by atoms with Gasteiger partial charge in [-0.2, -0.15) is 0 Å². The number of benzene rings is 5. The van der Waals surface area contributed by atoms with Gasteiger partial charge < -0.3 is 75.0 Å². The molecule has 31 nitrogen and oxygen atoms in total. The molecule has 632 valence electrons. The van der Waals surface area contributed by atoms with Crippen LogP contribution in [0.2, 0.25) is 0 Å². The van der Waals surface area contributed by atoms with Gasteiger partial charge in [0.05, 0.1) is 22.8 Å². The van der Waals surface area contributed by atoms with E-state index in [-0.39, 0.29) is 69.9 Å². The highest BCUT2D eigenvalue weighted by molar-refractivity contribution is 5.94. The largest absolute Gasteiger partial charge is 0.491 e. The normalized spacial score (nSPS) is 16.2. The molecule has 0 radical (unpaired) electrons. The molecule has 0 aliphatic carbocycles. The molecular formula is C93H94N20O11. The number of methoxy groups -OCH3 is 1. The lowest BCUT2D eigenvalue weighted by Crippen LogP contribution is -2.44. The average Bonchev–Trinajstić information content (AvgIpc) is 0.792. The van der Waals surface area contributed by atoms with Gasteiger partial charge in [-0.25, -0.2) is 39.9 Å².